The first-order valence-corrected chi connectivity index (χ1v) is 13.0. The van der Waals surface area contributed by atoms with Gasteiger partial charge in [-0.25, -0.2) is 8.78 Å². The standard InChI is InChI=1S/C28H24F5NO2S/c29-20-8-11-26(25(30)13-20)37-16-17-4-6-18(7-5-17)27(35)34-21-9-10-22(34)15-24(14-21)36-23-3-1-2-19(12-23)28(31,32)33/h1-8,11-13,21-22,24H,9-10,14-16H2/t21-,22-/m0/s1. The average molecular weight is 534 g/mol. The lowest BCUT2D eigenvalue weighted by atomic mass is 9.98. The molecule has 0 unspecified atom stereocenters. The molecule has 2 saturated heterocycles. The van der Waals surface area contributed by atoms with Crippen molar-refractivity contribution in [2.24, 2.45) is 0 Å². The summed E-state index contributed by atoms with van der Waals surface area (Å²) in [7, 11) is 0. The molecule has 0 aromatic heterocycles. The van der Waals surface area contributed by atoms with E-state index in [0.29, 0.717) is 29.1 Å². The molecule has 3 nitrogen and oxygen atoms in total. The Morgan fingerprint density at radius 1 is 0.946 bits per heavy atom. The van der Waals surface area contributed by atoms with Gasteiger partial charge in [-0.05, 0) is 60.9 Å². The Labute approximate surface area is 215 Å². The summed E-state index contributed by atoms with van der Waals surface area (Å²) in [5.74, 6) is -0.639. The fourth-order valence-corrected chi connectivity index (χ4v) is 6.01. The lowest BCUT2D eigenvalue weighted by molar-refractivity contribution is -0.137. The number of piperidine rings is 1. The Hall–Kier alpha value is -3.07. The highest BCUT2D eigenvalue weighted by Crippen LogP contribution is 2.39. The van der Waals surface area contributed by atoms with Crippen molar-refractivity contribution in [3.05, 3.63) is 95.1 Å². The van der Waals surface area contributed by atoms with Crippen molar-refractivity contribution in [2.45, 2.75) is 60.7 Å². The molecule has 3 aromatic carbocycles. The topological polar surface area (TPSA) is 29.5 Å². The minimum Gasteiger partial charge on any atom is -0.490 e. The van der Waals surface area contributed by atoms with Crippen molar-refractivity contribution in [1.82, 2.24) is 4.90 Å². The highest BCUT2D eigenvalue weighted by Gasteiger charge is 2.44. The highest BCUT2D eigenvalue weighted by atomic mass is 32.2. The molecule has 2 bridgehead atoms. The highest BCUT2D eigenvalue weighted by molar-refractivity contribution is 7.98. The number of amides is 1. The Bertz CT molecular complexity index is 1270. The molecule has 194 valence electrons. The molecule has 3 aromatic rings. The SMILES string of the molecule is O=C(c1ccc(CSc2ccc(F)cc2F)cc1)N1[C@H]2CC[C@H]1CC(Oc1cccc(C(F)(F)F)c1)C2. The van der Waals surface area contributed by atoms with Crippen molar-refractivity contribution >= 4 is 17.7 Å². The van der Waals surface area contributed by atoms with Crippen LogP contribution in [0, 0.1) is 11.6 Å². The Balaban J connectivity index is 1.20. The minimum absolute atomic E-state index is 0.0290. The molecule has 0 radical (unpaired) electrons. The van der Waals surface area contributed by atoms with E-state index in [-0.39, 0.29) is 29.8 Å². The number of carbonyl (C=O) groups is 1. The number of hydrogen-bond acceptors (Lipinski definition) is 3. The molecule has 0 N–H and O–H groups in total. The maximum absolute atomic E-state index is 13.9. The monoisotopic (exact) mass is 533 g/mol. The second-order valence-corrected chi connectivity index (χ2v) is 10.4. The molecule has 0 aliphatic carbocycles. The van der Waals surface area contributed by atoms with E-state index in [0.717, 1.165) is 36.6 Å². The third-order valence-electron chi connectivity index (χ3n) is 6.88. The Kier molecular flexibility index (Phi) is 7.16. The fourth-order valence-electron chi connectivity index (χ4n) is 5.14. The van der Waals surface area contributed by atoms with Crippen LogP contribution in [0.4, 0.5) is 22.0 Å². The van der Waals surface area contributed by atoms with Crippen LogP contribution >= 0.6 is 11.8 Å². The first-order valence-electron chi connectivity index (χ1n) is 12.0. The number of thioether (sulfide) groups is 1. The molecule has 2 aliphatic heterocycles. The summed E-state index contributed by atoms with van der Waals surface area (Å²) in [5, 5.41) is 0. The number of nitrogens with zero attached hydrogens (tertiary/aromatic N) is 1. The number of rotatable bonds is 6. The zero-order chi connectivity index (χ0) is 26.2. The van der Waals surface area contributed by atoms with Crippen molar-refractivity contribution in [1.29, 1.82) is 0 Å². The van der Waals surface area contributed by atoms with Crippen molar-refractivity contribution in [2.75, 3.05) is 0 Å². The lowest BCUT2D eigenvalue weighted by Gasteiger charge is -2.39. The van der Waals surface area contributed by atoms with E-state index in [1.54, 1.807) is 12.1 Å². The van der Waals surface area contributed by atoms with Gasteiger partial charge in [-0.2, -0.15) is 13.2 Å². The van der Waals surface area contributed by atoms with Crippen LogP contribution in [-0.2, 0) is 11.9 Å². The number of alkyl halides is 3. The van der Waals surface area contributed by atoms with Crippen LogP contribution in [0.2, 0.25) is 0 Å². The van der Waals surface area contributed by atoms with Crippen molar-refractivity contribution < 1.29 is 31.5 Å². The molecule has 2 heterocycles. The Morgan fingerprint density at radius 2 is 1.65 bits per heavy atom. The lowest BCUT2D eigenvalue weighted by Crippen LogP contribution is -2.49. The van der Waals surface area contributed by atoms with E-state index in [1.165, 1.54) is 36.0 Å². The number of halogens is 5. The minimum atomic E-state index is -4.43. The van der Waals surface area contributed by atoms with E-state index in [2.05, 4.69) is 0 Å². The number of carbonyl (C=O) groups excluding carboxylic acids is 1. The predicted molar refractivity (Wildman–Crippen MR) is 130 cm³/mol. The number of hydrogen-bond donors (Lipinski definition) is 0. The summed E-state index contributed by atoms with van der Waals surface area (Å²) in [5.41, 5.74) is 0.711. The first-order chi connectivity index (χ1) is 17.7. The quantitative estimate of drug-likeness (QED) is 0.243. The van der Waals surface area contributed by atoms with E-state index in [1.807, 2.05) is 17.0 Å². The molecule has 0 spiro atoms. The van der Waals surface area contributed by atoms with E-state index in [4.69, 9.17) is 4.74 Å². The van der Waals surface area contributed by atoms with Crippen LogP contribution < -0.4 is 4.74 Å². The summed E-state index contributed by atoms with van der Waals surface area (Å²) in [6.45, 7) is 0. The maximum atomic E-state index is 13.9. The van der Waals surface area contributed by atoms with Crippen molar-refractivity contribution in [3.8, 4) is 5.75 Å². The summed E-state index contributed by atoms with van der Waals surface area (Å²) in [4.78, 5) is 15.6. The van der Waals surface area contributed by atoms with Crippen LogP contribution in [-0.4, -0.2) is 29.0 Å². The number of fused-ring (bicyclic) bond motifs is 2. The average Bonchev–Trinajstić information content (AvgIpc) is 3.13. The van der Waals surface area contributed by atoms with Crippen LogP contribution in [0.5, 0.6) is 5.75 Å². The first kappa shape index (κ1) is 25.6. The molecule has 5 rings (SSSR count). The van der Waals surface area contributed by atoms with Gasteiger partial charge in [-0.3, -0.25) is 4.79 Å². The summed E-state index contributed by atoms with van der Waals surface area (Å²) in [6.07, 6.45) is -1.89. The number of benzene rings is 3. The van der Waals surface area contributed by atoms with Crippen LogP contribution in [0.3, 0.4) is 0 Å². The van der Waals surface area contributed by atoms with Gasteiger partial charge in [-0.15, -0.1) is 11.8 Å². The third-order valence-corrected chi connectivity index (χ3v) is 8.00. The summed E-state index contributed by atoms with van der Waals surface area (Å²) in [6, 6.07) is 15.5. The second kappa shape index (κ2) is 10.4. The maximum Gasteiger partial charge on any atom is 0.416 e. The van der Waals surface area contributed by atoms with Gasteiger partial charge in [0.2, 0.25) is 0 Å². The zero-order valence-corrected chi connectivity index (χ0v) is 20.5. The Morgan fingerprint density at radius 3 is 2.30 bits per heavy atom. The van der Waals surface area contributed by atoms with E-state index in [9.17, 15) is 26.7 Å². The molecule has 37 heavy (non-hydrogen) atoms. The molecule has 2 aliphatic rings. The van der Waals surface area contributed by atoms with Gasteiger partial charge >= 0.3 is 6.18 Å². The van der Waals surface area contributed by atoms with Gasteiger partial charge < -0.3 is 9.64 Å². The van der Waals surface area contributed by atoms with Gasteiger partial charge in [0.15, 0.2) is 0 Å². The van der Waals surface area contributed by atoms with E-state index >= 15 is 0 Å². The molecule has 9 heteroatoms. The van der Waals surface area contributed by atoms with Gasteiger partial charge in [0, 0.05) is 47.2 Å². The van der Waals surface area contributed by atoms with Crippen LogP contribution in [0.1, 0.15) is 47.2 Å². The van der Waals surface area contributed by atoms with Gasteiger partial charge in [0.05, 0.1) is 5.56 Å². The second-order valence-electron chi connectivity index (χ2n) is 9.39. The molecule has 0 saturated carbocycles. The fraction of sp³-hybridized carbons (Fsp3) is 0.321. The number of ether oxygens (including phenoxy) is 1. The van der Waals surface area contributed by atoms with Gasteiger partial charge in [0.25, 0.3) is 5.91 Å². The van der Waals surface area contributed by atoms with Crippen LogP contribution in [0.15, 0.2) is 71.6 Å². The summed E-state index contributed by atoms with van der Waals surface area (Å²) < 4.78 is 71.9. The van der Waals surface area contributed by atoms with Crippen molar-refractivity contribution in [3.63, 3.8) is 0 Å². The molecular weight excluding hydrogens is 509 g/mol. The van der Waals surface area contributed by atoms with Gasteiger partial charge in [0.1, 0.15) is 23.5 Å². The largest absolute Gasteiger partial charge is 0.490 e. The normalized spacial score (nSPS) is 21.2. The van der Waals surface area contributed by atoms with Crippen LogP contribution in [0.25, 0.3) is 0 Å². The predicted octanol–water partition coefficient (Wildman–Crippen LogP) is 7.49. The smallest absolute Gasteiger partial charge is 0.416 e. The molecule has 1 amide bonds. The van der Waals surface area contributed by atoms with Gasteiger partial charge in [-0.1, -0.05) is 18.2 Å². The van der Waals surface area contributed by atoms with E-state index < -0.39 is 23.4 Å². The third kappa shape index (κ3) is 5.76. The molecule has 2 fully saturated rings. The summed E-state index contributed by atoms with van der Waals surface area (Å²) >= 11 is 1.25. The molecule has 2 atom stereocenters. The zero-order valence-electron chi connectivity index (χ0n) is 19.7. The molecular formula is C28H24F5NO2S.